The molecule has 1 atom stereocenters. The summed E-state index contributed by atoms with van der Waals surface area (Å²) in [6.07, 6.45) is 8.65. The van der Waals surface area contributed by atoms with E-state index in [1.165, 1.54) is 32.1 Å². The van der Waals surface area contributed by atoms with Gasteiger partial charge in [0.25, 0.3) is 0 Å². The van der Waals surface area contributed by atoms with Crippen LogP contribution in [0.15, 0.2) is 12.7 Å². The normalized spacial score (nSPS) is 23.0. The molecule has 0 amide bonds. The first-order valence-electron chi connectivity index (χ1n) is 4.47. The van der Waals surface area contributed by atoms with Gasteiger partial charge in [-0.3, -0.25) is 11.3 Å². The molecule has 1 unspecified atom stereocenters. The highest BCUT2D eigenvalue weighted by molar-refractivity contribution is 4.90. The Morgan fingerprint density at radius 3 is 2.45 bits per heavy atom. The van der Waals surface area contributed by atoms with Gasteiger partial charge in [0.15, 0.2) is 0 Å². The molecular formula is C9H18N2. The molecule has 1 saturated carbocycles. The fourth-order valence-corrected chi connectivity index (χ4v) is 1.89. The number of hydrogen-bond donors (Lipinski definition) is 2. The minimum absolute atomic E-state index is 0.329. The third-order valence-corrected chi connectivity index (χ3v) is 2.60. The minimum atomic E-state index is 0.329. The maximum absolute atomic E-state index is 5.39. The van der Waals surface area contributed by atoms with E-state index < -0.39 is 0 Å². The van der Waals surface area contributed by atoms with Gasteiger partial charge in [0.2, 0.25) is 0 Å². The van der Waals surface area contributed by atoms with Gasteiger partial charge >= 0.3 is 0 Å². The lowest BCUT2D eigenvalue weighted by Gasteiger charge is -2.27. The molecule has 0 saturated heterocycles. The fourth-order valence-electron chi connectivity index (χ4n) is 1.89. The number of hydrogen-bond acceptors (Lipinski definition) is 2. The highest BCUT2D eigenvalue weighted by Crippen LogP contribution is 2.26. The largest absolute Gasteiger partial charge is 0.271 e. The van der Waals surface area contributed by atoms with Crippen molar-refractivity contribution in [2.24, 2.45) is 11.8 Å². The van der Waals surface area contributed by atoms with E-state index in [9.17, 15) is 0 Å². The van der Waals surface area contributed by atoms with Crippen LogP contribution < -0.4 is 11.3 Å². The molecule has 1 fully saturated rings. The summed E-state index contributed by atoms with van der Waals surface area (Å²) in [6, 6.07) is 0.329. The summed E-state index contributed by atoms with van der Waals surface area (Å²) >= 11 is 0. The molecule has 0 aliphatic heterocycles. The van der Waals surface area contributed by atoms with Crippen molar-refractivity contribution < 1.29 is 0 Å². The van der Waals surface area contributed by atoms with Crippen LogP contribution in [-0.2, 0) is 0 Å². The topological polar surface area (TPSA) is 38.0 Å². The lowest BCUT2D eigenvalue weighted by molar-refractivity contribution is 0.303. The first kappa shape index (κ1) is 8.75. The Balaban J connectivity index is 2.35. The second-order valence-electron chi connectivity index (χ2n) is 3.33. The zero-order valence-electron chi connectivity index (χ0n) is 7.05. The summed E-state index contributed by atoms with van der Waals surface area (Å²) in [6.45, 7) is 3.76. The van der Waals surface area contributed by atoms with Crippen molar-refractivity contribution in [2.75, 3.05) is 0 Å². The summed E-state index contributed by atoms with van der Waals surface area (Å²) in [5, 5.41) is 0. The lowest BCUT2D eigenvalue weighted by atomic mass is 9.84. The zero-order valence-corrected chi connectivity index (χ0v) is 7.05. The Morgan fingerprint density at radius 1 is 1.36 bits per heavy atom. The maximum Gasteiger partial charge on any atom is 0.0416 e. The Bertz CT molecular complexity index is 117. The summed E-state index contributed by atoms with van der Waals surface area (Å²) in [7, 11) is 0. The highest BCUT2D eigenvalue weighted by atomic mass is 15.2. The van der Waals surface area contributed by atoms with Gasteiger partial charge < -0.3 is 0 Å². The van der Waals surface area contributed by atoms with Crippen LogP contribution in [-0.4, -0.2) is 6.04 Å². The molecule has 0 aromatic rings. The molecule has 2 heteroatoms. The molecule has 0 aromatic carbocycles. The molecule has 0 aromatic heterocycles. The number of hydrazine groups is 1. The van der Waals surface area contributed by atoms with Gasteiger partial charge in [0.1, 0.15) is 0 Å². The minimum Gasteiger partial charge on any atom is -0.271 e. The van der Waals surface area contributed by atoms with Gasteiger partial charge in [0.05, 0.1) is 0 Å². The van der Waals surface area contributed by atoms with E-state index in [-0.39, 0.29) is 0 Å². The van der Waals surface area contributed by atoms with Crippen LogP contribution in [0.2, 0.25) is 0 Å². The second-order valence-corrected chi connectivity index (χ2v) is 3.33. The monoisotopic (exact) mass is 154 g/mol. The van der Waals surface area contributed by atoms with Crippen LogP contribution in [0.25, 0.3) is 0 Å². The van der Waals surface area contributed by atoms with Crippen molar-refractivity contribution in [3.8, 4) is 0 Å². The molecular weight excluding hydrogens is 136 g/mol. The second kappa shape index (κ2) is 4.52. The van der Waals surface area contributed by atoms with Crippen molar-refractivity contribution in [3.05, 3.63) is 12.7 Å². The van der Waals surface area contributed by atoms with Crippen molar-refractivity contribution in [3.63, 3.8) is 0 Å². The van der Waals surface area contributed by atoms with Crippen molar-refractivity contribution in [1.82, 2.24) is 5.43 Å². The van der Waals surface area contributed by atoms with Crippen LogP contribution in [0.5, 0.6) is 0 Å². The average Bonchev–Trinajstić information content (AvgIpc) is 2.09. The molecule has 0 bridgehead atoms. The molecule has 1 rings (SSSR count). The summed E-state index contributed by atoms with van der Waals surface area (Å²) in [5.74, 6) is 6.12. The predicted molar refractivity (Wildman–Crippen MR) is 47.9 cm³/mol. The molecule has 0 heterocycles. The summed E-state index contributed by atoms with van der Waals surface area (Å²) in [5.41, 5.74) is 2.80. The Morgan fingerprint density at radius 2 is 2.00 bits per heavy atom. The van der Waals surface area contributed by atoms with Crippen LogP contribution >= 0.6 is 0 Å². The van der Waals surface area contributed by atoms with Gasteiger partial charge in [-0.1, -0.05) is 25.3 Å². The predicted octanol–water partition coefficient (Wildman–Crippen LogP) is 1.58. The van der Waals surface area contributed by atoms with E-state index in [0.29, 0.717) is 6.04 Å². The first-order chi connectivity index (χ1) is 5.38. The molecule has 1 aliphatic carbocycles. The van der Waals surface area contributed by atoms with Gasteiger partial charge in [0, 0.05) is 6.04 Å². The Kier molecular flexibility index (Phi) is 3.60. The highest BCUT2D eigenvalue weighted by Gasteiger charge is 2.19. The van der Waals surface area contributed by atoms with E-state index in [1.807, 2.05) is 6.08 Å². The molecule has 0 radical (unpaired) electrons. The van der Waals surface area contributed by atoms with Crippen LogP contribution in [0.3, 0.4) is 0 Å². The van der Waals surface area contributed by atoms with E-state index in [0.717, 1.165) is 5.92 Å². The first-order valence-corrected chi connectivity index (χ1v) is 4.47. The van der Waals surface area contributed by atoms with Gasteiger partial charge in [-0.15, -0.1) is 6.58 Å². The third kappa shape index (κ3) is 2.31. The van der Waals surface area contributed by atoms with Crippen molar-refractivity contribution >= 4 is 0 Å². The van der Waals surface area contributed by atoms with E-state index in [2.05, 4.69) is 12.0 Å². The fraction of sp³-hybridized carbons (Fsp3) is 0.778. The lowest BCUT2D eigenvalue weighted by Crippen LogP contribution is -2.39. The molecule has 2 nitrogen and oxygen atoms in total. The Hall–Kier alpha value is -0.340. The molecule has 11 heavy (non-hydrogen) atoms. The SMILES string of the molecule is C=CC(NN)C1CCCCC1. The smallest absolute Gasteiger partial charge is 0.0416 e. The van der Waals surface area contributed by atoms with E-state index in [1.54, 1.807) is 0 Å². The van der Waals surface area contributed by atoms with Gasteiger partial charge in [-0.2, -0.15) is 0 Å². The zero-order chi connectivity index (χ0) is 8.10. The number of nitrogens with one attached hydrogen (secondary N) is 1. The molecule has 0 spiro atoms. The maximum atomic E-state index is 5.39. The quantitative estimate of drug-likeness (QED) is 0.368. The van der Waals surface area contributed by atoms with Crippen molar-refractivity contribution in [1.29, 1.82) is 0 Å². The third-order valence-electron chi connectivity index (χ3n) is 2.60. The van der Waals surface area contributed by atoms with Crippen LogP contribution in [0, 0.1) is 5.92 Å². The van der Waals surface area contributed by atoms with Gasteiger partial charge in [-0.25, -0.2) is 0 Å². The Labute approximate surface area is 68.8 Å². The summed E-state index contributed by atoms with van der Waals surface area (Å²) in [4.78, 5) is 0. The summed E-state index contributed by atoms with van der Waals surface area (Å²) < 4.78 is 0. The van der Waals surface area contributed by atoms with Gasteiger partial charge in [-0.05, 0) is 18.8 Å². The van der Waals surface area contributed by atoms with E-state index >= 15 is 0 Å². The van der Waals surface area contributed by atoms with Crippen molar-refractivity contribution in [2.45, 2.75) is 38.1 Å². The molecule has 64 valence electrons. The standard InChI is InChI=1S/C9H18N2/c1-2-9(11-10)8-6-4-3-5-7-8/h2,8-9,11H,1,3-7,10H2. The van der Waals surface area contributed by atoms with Crippen LogP contribution in [0.4, 0.5) is 0 Å². The van der Waals surface area contributed by atoms with E-state index in [4.69, 9.17) is 5.84 Å². The average molecular weight is 154 g/mol. The molecule has 1 aliphatic rings. The van der Waals surface area contributed by atoms with Crippen LogP contribution in [0.1, 0.15) is 32.1 Å². The number of nitrogens with two attached hydrogens (primary N) is 1. The molecule has 3 N–H and O–H groups in total. The number of rotatable bonds is 3.